The molecule has 0 aliphatic heterocycles. The Balaban J connectivity index is 0. The van der Waals surface area contributed by atoms with Crippen molar-refractivity contribution in [3.63, 3.8) is 0 Å². The predicted molar refractivity (Wildman–Crippen MR) is 145 cm³/mol. The molecule has 0 saturated heterocycles. The van der Waals surface area contributed by atoms with Crippen molar-refractivity contribution in [2.45, 2.75) is 124 Å². The van der Waals surface area contributed by atoms with Gasteiger partial charge in [0.05, 0.1) is 6.61 Å². The Labute approximate surface area is 206 Å². The van der Waals surface area contributed by atoms with Gasteiger partial charge in [0.25, 0.3) is 0 Å². The SMILES string of the molecule is CCCC/C=C/C=C\CCCCO.CCCC/C=C\C=C\CCCCCCCCOC(C)=O. The minimum Gasteiger partial charge on any atom is -0.466 e. The van der Waals surface area contributed by atoms with Gasteiger partial charge in [0.1, 0.15) is 0 Å². The Kier molecular flexibility index (Phi) is 33.1. The summed E-state index contributed by atoms with van der Waals surface area (Å²) in [6, 6.07) is 0. The fourth-order valence-electron chi connectivity index (χ4n) is 3.00. The Bertz CT molecular complexity index is 489. The number of carbonyl (C=O) groups excluding carboxylic acids is 1. The first kappa shape index (κ1) is 33.6. The van der Waals surface area contributed by atoms with Crippen LogP contribution in [0.5, 0.6) is 0 Å². The molecule has 0 atom stereocenters. The van der Waals surface area contributed by atoms with Gasteiger partial charge in [0.2, 0.25) is 0 Å². The molecule has 0 amide bonds. The smallest absolute Gasteiger partial charge is 0.302 e. The molecule has 0 aromatic carbocycles. The molecule has 0 saturated carbocycles. The fraction of sp³-hybridized carbons (Fsp3) is 0.700. The lowest BCUT2D eigenvalue weighted by Crippen LogP contribution is -1.99. The third-order valence-electron chi connectivity index (χ3n) is 5.06. The van der Waals surface area contributed by atoms with E-state index in [0.29, 0.717) is 13.2 Å². The molecule has 0 unspecified atom stereocenters. The van der Waals surface area contributed by atoms with E-state index < -0.39 is 0 Å². The second-order valence-corrected chi connectivity index (χ2v) is 8.47. The monoisotopic (exact) mass is 462 g/mol. The van der Waals surface area contributed by atoms with Crippen LogP contribution in [0.3, 0.4) is 0 Å². The number of unbranched alkanes of at least 4 members (excludes halogenated alkanes) is 12. The molecule has 3 heteroatoms. The van der Waals surface area contributed by atoms with Crippen molar-refractivity contribution in [1.82, 2.24) is 0 Å². The average molecular weight is 463 g/mol. The van der Waals surface area contributed by atoms with Crippen molar-refractivity contribution in [2.24, 2.45) is 0 Å². The molecule has 0 heterocycles. The lowest BCUT2D eigenvalue weighted by atomic mass is 10.1. The first-order valence-electron chi connectivity index (χ1n) is 13.6. The molecule has 3 nitrogen and oxygen atoms in total. The highest BCUT2D eigenvalue weighted by atomic mass is 16.5. The predicted octanol–water partition coefficient (Wildman–Crippen LogP) is 9.03. The molecule has 0 radical (unpaired) electrons. The Morgan fingerprint density at radius 1 is 0.606 bits per heavy atom. The number of rotatable bonds is 21. The summed E-state index contributed by atoms with van der Waals surface area (Å²) in [6.07, 6.45) is 36.6. The lowest BCUT2D eigenvalue weighted by Gasteiger charge is -2.01. The molecule has 0 aromatic rings. The van der Waals surface area contributed by atoms with Gasteiger partial charge in [-0.1, -0.05) is 114 Å². The van der Waals surface area contributed by atoms with Crippen molar-refractivity contribution in [1.29, 1.82) is 0 Å². The Morgan fingerprint density at radius 3 is 1.42 bits per heavy atom. The highest BCUT2D eigenvalue weighted by Crippen LogP contribution is 2.08. The molecule has 0 rings (SSSR count). The van der Waals surface area contributed by atoms with Crippen LogP contribution >= 0.6 is 0 Å². The maximum Gasteiger partial charge on any atom is 0.302 e. The van der Waals surface area contributed by atoms with Gasteiger partial charge in [-0.05, 0) is 51.4 Å². The van der Waals surface area contributed by atoms with E-state index >= 15 is 0 Å². The van der Waals surface area contributed by atoms with Crippen molar-refractivity contribution in [3.8, 4) is 0 Å². The van der Waals surface area contributed by atoms with Crippen LogP contribution in [0.15, 0.2) is 48.6 Å². The number of aliphatic hydroxyl groups is 1. The normalized spacial score (nSPS) is 11.6. The summed E-state index contributed by atoms with van der Waals surface area (Å²) in [6.45, 7) is 6.80. The first-order chi connectivity index (χ1) is 16.2. The van der Waals surface area contributed by atoms with Gasteiger partial charge >= 0.3 is 5.97 Å². The molecular weight excluding hydrogens is 408 g/mol. The summed E-state index contributed by atoms with van der Waals surface area (Å²) in [5, 5.41) is 8.53. The molecule has 0 aliphatic rings. The van der Waals surface area contributed by atoms with Crippen LogP contribution in [0.4, 0.5) is 0 Å². The van der Waals surface area contributed by atoms with Crippen LogP contribution in [0.25, 0.3) is 0 Å². The zero-order chi connectivity index (χ0) is 24.7. The zero-order valence-electron chi connectivity index (χ0n) is 22.1. The summed E-state index contributed by atoms with van der Waals surface area (Å²) in [7, 11) is 0. The fourth-order valence-corrected chi connectivity index (χ4v) is 3.00. The summed E-state index contributed by atoms with van der Waals surface area (Å²) in [5.74, 6) is -0.166. The molecule has 33 heavy (non-hydrogen) atoms. The molecule has 1 N–H and O–H groups in total. The van der Waals surface area contributed by atoms with Crippen LogP contribution in [0.2, 0.25) is 0 Å². The quantitative estimate of drug-likeness (QED) is 0.105. The van der Waals surface area contributed by atoms with Crippen LogP contribution < -0.4 is 0 Å². The molecule has 0 aliphatic carbocycles. The van der Waals surface area contributed by atoms with Gasteiger partial charge in [-0.3, -0.25) is 4.79 Å². The minimum atomic E-state index is -0.166. The highest BCUT2D eigenvalue weighted by Gasteiger charge is 1.93. The lowest BCUT2D eigenvalue weighted by molar-refractivity contribution is -0.141. The third kappa shape index (κ3) is 38.0. The molecule has 192 valence electrons. The van der Waals surface area contributed by atoms with Crippen LogP contribution in [-0.4, -0.2) is 24.3 Å². The number of hydrogen-bond donors (Lipinski definition) is 1. The van der Waals surface area contributed by atoms with Crippen LogP contribution in [0, 0.1) is 0 Å². The number of aliphatic hydroxyl groups excluding tert-OH is 1. The number of hydrogen-bond acceptors (Lipinski definition) is 3. The van der Waals surface area contributed by atoms with E-state index in [9.17, 15) is 4.79 Å². The van der Waals surface area contributed by atoms with Gasteiger partial charge in [0, 0.05) is 13.5 Å². The maximum absolute atomic E-state index is 10.5. The third-order valence-corrected chi connectivity index (χ3v) is 5.06. The summed E-state index contributed by atoms with van der Waals surface area (Å²) in [5.41, 5.74) is 0. The second-order valence-electron chi connectivity index (χ2n) is 8.47. The minimum absolute atomic E-state index is 0.166. The van der Waals surface area contributed by atoms with Crippen molar-refractivity contribution in [2.75, 3.05) is 13.2 Å². The summed E-state index contributed by atoms with van der Waals surface area (Å²) >= 11 is 0. The molecule has 0 bridgehead atoms. The van der Waals surface area contributed by atoms with Gasteiger partial charge in [-0.2, -0.15) is 0 Å². The van der Waals surface area contributed by atoms with Crippen LogP contribution in [0.1, 0.15) is 124 Å². The van der Waals surface area contributed by atoms with Gasteiger partial charge < -0.3 is 9.84 Å². The molecule has 0 aromatic heterocycles. The Morgan fingerprint density at radius 2 is 1.00 bits per heavy atom. The van der Waals surface area contributed by atoms with E-state index in [4.69, 9.17) is 9.84 Å². The van der Waals surface area contributed by atoms with E-state index in [1.807, 2.05) is 0 Å². The summed E-state index contributed by atoms with van der Waals surface area (Å²) in [4.78, 5) is 10.5. The maximum atomic E-state index is 10.5. The van der Waals surface area contributed by atoms with Gasteiger partial charge in [-0.25, -0.2) is 0 Å². The van der Waals surface area contributed by atoms with Crippen molar-refractivity contribution in [3.05, 3.63) is 48.6 Å². The van der Waals surface area contributed by atoms with Crippen molar-refractivity contribution < 1.29 is 14.6 Å². The largest absolute Gasteiger partial charge is 0.466 e. The second kappa shape index (κ2) is 32.6. The number of carbonyl (C=O) groups is 1. The number of allylic oxidation sites excluding steroid dienone is 8. The zero-order valence-corrected chi connectivity index (χ0v) is 22.1. The Hall–Kier alpha value is -1.61. The number of esters is 1. The standard InChI is InChI=1S/C18H32O2.C12H22O/c1-3-4-5-6-7-8-9-10-11-12-13-14-15-16-17-20-18(2)19;1-2-3-4-5-6-7-8-9-10-11-12-13/h6-9H,3-5,10-17H2,1-2H3;5-8,13H,2-4,9-12H2,1H3/b7-6-,9-8+;6-5+,8-7-. The topological polar surface area (TPSA) is 46.5 Å². The highest BCUT2D eigenvalue weighted by molar-refractivity contribution is 5.65. The first-order valence-corrected chi connectivity index (χ1v) is 13.6. The van der Waals surface area contributed by atoms with E-state index in [1.165, 1.54) is 84.0 Å². The molecule has 0 spiro atoms. The number of ether oxygens (including phenoxy) is 1. The molecule has 0 fully saturated rings. The van der Waals surface area contributed by atoms with E-state index in [0.717, 1.165) is 25.7 Å². The van der Waals surface area contributed by atoms with E-state index in [-0.39, 0.29) is 5.97 Å². The van der Waals surface area contributed by atoms with E-state index in [2.05, 4.69) is 62.5 Å². The van der Waals surface area contributed by atoms with Gasteiger partial charge in [-0.15, -0.1) is 0 Å². The van der Waals surface area contributed by atoms with E-state index in [1.54, 1.807) is 0 Å². The van der Waals surface area contributed by atoms with Crippen LogP contribution in [-0.2, 0) is 9.53 Å². The molecular formula is C30H54O3. The summed E-state index contributed by atoms with van der Waals surface area (Å²) < 4.78 is 4.89. The average Bonchev–Trinajstić information content (AvgIpc) is 2.81. The van der Waals surface area contributed by atoms with Crippen molar-refractivity contribution >= 4 is 5.97 Å². The van der Waals surface area contributed by atoms with Gasteiger partial charge in [0.15, 0.2) is 0 Å².